The summed E-state index contributed by atoms with van der Waals surface area (Å²) in [6.45, 7) is 4.25. The average molecular weight is 400 g/mol. The van der Waals surface area contributed by atoms with E-state index in [0.717, 1.165) is 30.6 Å². The summed E-state index contributed by atoms with van der Waals surface area (Å²) in [7, 11) is 1.66. The van der Waals surface area contributed by atoms with E-state index in [1.165, 1.54) is 31.2 Å². The van der Waals surface area contributed by atoms with Crippen molar-refractivity contribution >= 4 is 11.6 Å². The normalized spacial score (nSPS) is 13.9. The Morgan fingerprint density at radius 3 is 2.61 bits per heavy atom. The standard InChI is InChI=1S/C24H30ClNO2/c1-18-8-10-20(11-9-18)17-28-24-15-22(25)21(14-23(24)27-2)16-26-13-12-19-6-4-3-5-7-19/h6,8-11,14-15,26H,3-5,7,12-13,16-17H2,1-2H3. The fourth-order valence-electron chi connectivity index (χ4n) is 3.43. The van der Waals surface area contributed by atoms with Crippen LogP contribution in [0.4, 0.5) is 0 Å². The molecule has 150 valence electrons. The zero-order valence-electron chi connectivity index (χ0n) is 16.9. The maximum atomic E-state index is 6.50. The van der Waals surface area contributed by atoms with Crippen LogP contribution in [-0.4, -0.2) is 13.7 Å². The first-order valence-corrected chi connectivity index (χ1v) is 10.5. The molecule has 3 rings (SSSR count). The summed E-state index contributed by atoms with van der Waals surface area (Å²) >= 11 is 6.50. The van der Waals surface area contributed by atoms with Gasteiger partial charge in [-0.3, -0.25) is 0 Å². The van der Waals surface area contributed by atoms with Crippen LogP contribution < -0.4 is 14.8 Å². The molecule has 0 aromatic heterocycles. The summed E-state index contributed by atoms with van der Waals surface area (Å²) in [6, 6.07) is 12.1. The average Bonchev–Trinajstić information content (AvgIpc) is 2.72. The van der Waals surface area contributed by atoms with E-state index in [1.54, 1.807) is 12.7 Å². The second-order valence-corrected chi connectivity index (χ2v) is 7.81. The molecular weight excluding hydrogens is 370 g/mol. The van der Waals surface area contributed by atoms with Crippen LogP contribution in [-0.2, 0) is 13.2 Å². The Hall–Kier alpha value is -1.97. The first-order valence-electron chi connectivity index (χ1n) is 10.1. The number of nitrogens with one attached hydrogen (secondary N) is 1. The molecule has 3 nitrogen and oxygen atoms in total. The molecule has 0 heterocycles. The first kappa shape index (κ1) is 20.8. The van der Waals surface area contributed by atoms with Gasteiger partial charge in [0.15, 0.2) is 11.5 Å². The number of hydrogen-bond acceptors (Lipinski definition) is 3. The highest BCUT2D eigenvalue weighted by molar-refractivity contribution is 6.31. The summed E-state index contributed by atoms with van der Waals surface area (Å²) in [6.07, 6.45) is 8.68. The lowest BCUT2D eigenvalue weighted by Gasteiger charge is -2.15. The van der Waals surface area contributed by atoms with Gasteiger partial charge in [-0.25, -0.2) is 0 Å². The van der Waals surface area contributed by atoms with Gasteiger partial charge in [-0.2, -0.15) is 0 Å². The van der Waals surface area contributed by atoms with Crippen molar-refractivity contribution in [3.8, 4) is 11.5 Å². The van der Waals surface area contributed by atoms with Crippen molar-refractivity contribution in [2.75, 3.05) is 13.7 Å². The predicted octanol–water partition coefficient (Wildman–Crippen LogP) is 6.22. The molecule has 0 spiro atoms. The Balaban J connectivity index is 1.55. The van der Waals surface area contributed by atoms with Crippen molar-refractivity contribution in [3.63, 3.8) is 0 Å². The Kier molecular flexibility index (Phi) is 7.81. The molecule has 1 aliphatic rings. The summed E-state index contributed by atoms with van der Waals surface area (Å²) in [5.41, 5.74) is 4.97. The number of aryl methyl sites for hydroxylation is 1. The van der Waals surface area contributed by atoms with Crippen molar-refractivity contribution in [2.24, 2.45) is 0 Å². The number of hydrogen-bond donors (Lipinski definition) is 1. The van der Waals surface area contributed by atoms with Gasteiger partial charge in [0.05, 0.1) is 7.11 Å². The number of rotatable bonds is 9. The highest BCUT2D eigenvalue weighted by Gasteiger charge is 2.11. The number of methoxy groups -OCH3 is 1. The van der Waals surface area contributed by atoms with E-state index < -0.39 is 0 Å². The minimum absolute atomic E-state index is 0.486. The molecule has 0 atom stereocenters. The molecule has 0 amide bonds. The van der Waals surface area contributed by atoms with E-state index >= 15 is 0 Å². The van der Waals surface area contributed by atoms with Crippen molar-refractivity contribution < 1.29 is 9.47 Å². The predicted molar refractivity (Wildman–Crippen MR) is 116 cm³/mol. The monoisotopic (exact) mass is 399 g/mol. The molecule has 28 heavy (non-hydrogen) atoms. The smallest absolute Gasteiger partial charge is 0.163 e. The van der Waals surface area contributed by atoms with Crippen molar-refractivity contribution in [1.82, 2.24) is 5.32 Å². The van der Waals surface area contributed by atoms with E-state index in [4.69, 9.17) is 21.1 Å². The minimum Gasteiger partial charge on any atom is -0.493 e. The van der Waals surface area contributed by atoms with E-state index in [0.29, 0.717) is 23.1 Å². The highest BCUT2D eigenvalue weighted by atomic mass is 35.5. The largest absolute Gasteiger partial charge is 0.493 e. The van der Waals surface area contributed by atoms with Gasteiger partial charge >= 0.3 is 0 Å². The van der Waals surface area contributed by atoms with E-state index in [2.05, 4.69) is 42.6 Å². The molecule has 0 radical (unpaired) electrons. The molecule has 2 aromatic carbocycles. The number of ether oxygens (including phenoxy) is 2. The van der Waals surface area contributed by atoms with E-state index in [9.17, 15) is 0 Å². The fourth-order valence-corrected chi connectivity index (χ4v) is 3.65. The Bertz CT molecular complexity index is 799. The first-order chi connectivity index (χ1) is 13.7. The third-order valence-electron chi connectivity index (χ3n) is 5.17. The Morgan fingerprint density at radius 2 is 1.89 bits per heavy atom. The van der Waals surface area contributed by atoms with Crippen molar-refractivity contribution in [1.29, 1.82) is 0 Å². The Morgan fingerprint density at radius 1 is 1.07 bits per heavy atom. The molecule has 1 N–H and O–H groups in total. The van der Waals surface area contributed by atoms with Crippen LogP contribution in [0.1, 0.15) is 48.8 Å². The third kappa shape index (κ3) is 6.02. The molecule has 2 aromatic rings. The topological polar surface area (TPSA) is 30.5 Å². The van der Waals surface area contributed by atoms with Crippen molar-refractivity contribution in [2.45, 2.75) is 52.2 Å². The lowest BCUT2D eigenvalue weighted by Crippen LogP contribution is -2.16. The SMILES string of the molecule is COc1cc(CNCCC2=CCCCC2)c(Cl)cc1OCc1ccc(C)cc1. The van der Waals surface area contributed by atoms with Gasteiger partial charge < -0.3 is 14.8 Å². The molecule has 1 aliphatic carbocycles. The van der Waals surface area contributed by atoms with Gasteiger partial charge in [0.25, 0.3) is 0 Å². The van der Waals surface area contributed by atoms with Gasteiger partial charge in [-0.1, -0.05) is 53.1 Å². The maximum absolute atomic E-state index is 6.50. The molecule has 4 heteroatoms. The lowest BCUT2D eigenvalue weighted by molar-refractivity contribution is 0.284. The second kappa shape index (κ2) is 10.5. The Labute approximate surface area is 173 Å². The molecule has 0 saturated carbocycles. The van der Waals surface area contributed by atoms with Crippen LogP contribution in [0.25, 0.3) is 0 Å². The van der Waals surface area contributed by atoms with Gasteiger partial charge in [0.2, 0.25) is 0 Å². The van der Waals surface area contributed by atoms with Crippen molar-refractivity contribution in [3.05, 3.63) is 69.8 Å². The summed E-state index contributed by atoms with van der Waals surface area (Å²) < 4.78 is 11.5. The maximum Gasteiger partial charge on any atom is 0.163 e. The van der Waals surface area contributed by atoms with Gasteiger partial charge in [-0.15, -0.1) is 0 Å². The summed E-state index contributed by atoms with van der Waals surface area (Å²) in [5, 5.41) is 4.20. The fraction of sp³-hybridized carbons (Fsp3) is 0.417. The molecule has 0 bridgehead atoms. The van der Waals surface area contributed by atoms with Gasteiger partial charge in [-0.05, 0) is 62.8 Å². The van der Waals surface area contributed by atoms with Crippen LogP contribution in [0.2, 0.25) is 5.02 Å². The third-order valence-corrected chi connectivity index (χ3v) is 5.52. The molecule has 0 saturated heterocycles. The van der Waals surface area contributed by atoms with Gasteiger partial charge in [0, 0.05) is 17.6 Å². The summed E-state index contributed by atoms with van der Waals surface area (Å²) in [5.74, 6) is 1.38. The lowest BCUT2D eigenvalue weighted by atomic mass is 9.97. The highest BCUT2D eigenvalue weighted by Crippen LogP contribution is 2.34. The summed E-state index contributed by atoms with van der Waals surface area (Å²) in [4.78, 5) is 0. The number of benzene rings is 2. The number of halogens is 1. The molecular formula is C24H30ClNO2. The van der Waals surface area contributed by atoms with Crippen LogP contribution in [0, 0.1) is 6.92 Å². The van der Waals surface area contributed by atoms with E-state index in [1.807, 2.05) is 12.1 Å². The van der Waals surface area contributed by atoms with Crippen LogP contribution in [0.5, 0.6) is 11.5 Å². The van der Waals surface area contributed by atoms with Crippen LogP contribution >= 0.6 is 11.6 Å². The zero-order valence-corrected chi connectivity index (χ0v) is 17.6. The van der Waals surface area contributed by atoms with Gasteiger partial charge in [0.1, 0.15) is 6.61 Å². The van der Waals surface area contributed by atoms with E-state index in [-0.39, 0.29) is 0 Å². The minimum atomic E-state index is 0.486. The quantitative estimate of drug-likeness (QED) is 0.401. The number of allylic oxidation sites excluding steroid dienone is 1. The van der Waals surface area contributed by atoms with Crippen LogP contribution in [0.15, 0.2) is 48.0 Å². The second-order valence-electron chi connectivity index (χ2n) is 7.40. The molecule has 0 unspecified atom stereocenters. The molecule has 0 aliphatic heterocycles. The zero-order chi connectivity index (χ0) is 19.8. The molecule has 0 fully saturated rings. The van der Waals surface area contributed by atoms with Crippen LogP contribution in [0.3, 0.4) is 0 Å².